The Bertz CT molecular complexity index is 460. The molecule has 1 aromatic rings. The number of nitrogens with one attached hydrogen (secondary N) is 1. The molecule has 1 saturated heterocycles. The van der Waals surface area contributed by atoms with Gasteiger partial charge in [0.05, 0.1) is 7.11 Å². The first-order valence-corrected chi connectivity index (χ1v) is 7.05. The molecule has 1 N–H and O–H groups in total. The van der Waals surface area contributed by atoms with Crippen molar-refractivity contribution in [2.24, 2.45) is 5.92 Å². The maximum absolute atomic E-state index is 11.9. The number of amides is 2. The predicted molar refractivity (Wildman–Crippen MR) is 80.5 cm³/mol. The van der Waals surface area contributed by atoms with Gasteiger partial charge >= 0.3 is 6.03 Å². The van der Waals surface area contributed by atoms with Crippen LogP contribution < -0.4 is 10.1 Å². The normalized spacial score (nSPS) is 16.4. The van der Waals surface area contributed by atoms with E-state index in [0.717, 1.165) is 43.2 Å². The van der Waals surface area contributed by atoms with Crippen LogP contribution in [0.2, 0.25) is 0 Å². The third kappa shape index (κ3) is 4.02. The number of methoxy groups -OCH3 is 1. The highest BCUT2D eigenvalue weighted by Gasteiger charge is 2.19. The molecule has 0 radical (unpaired) electrons. The molecule has 2 rings (SSSR count). The number of carbonyl (C=O) groups excluding carboxylic acids is 1. The highest BCUT2D eigenvalue weighted by Crippen LogP contribution is 2.16. The molecule has 20 heavy (non-hydrogen) atoms. The maximum atomic E-state index is 11.9. The molecule has 0 saturated carbocycles. The third-order valence-corrected chi connectivity index (χ3v) is 3.67. The molecule has 4 nitrogen and oxygen atoms in total. The fourth-order valence-corrected chi connectivity index (χ4v) is 2.23. The van der Waals surface area contributed by atoms with Gasteiger partial charge in [-0.1, -0.05) is 19.1 Å². The van der Waals surface area contributed by atoms with Crippen molar-refractivity contribution in [3.8, 4) is 5.75 Å². The average Bonchev–Trinajstić information content (AvgIpc) is 2.48. The highest BCUT2D eigenvalue weighted by molar-refractivity contribution is 5.76. The van der Waals surface area contributed by atoms with Crippen LogP contribution in [0.4, 0.5) is 4.79 Å². The third-order valence-electron chi connectivity index (χ3n) is 3.67. The lowest BCUT2D eigenvalue weighted by molar-refractivity contribution is 0.177. The SMILES string of the molecule is COc1ccc(/C=C/NC(=O)N2CCC(C)CC2)cc1. The topological polar surface area (TPSA) is 41.6 Å². The summed E-state index contributed by atoms with van der Waals surface area (Å²) in [6, 6.07) is 7.68. The van der Waals surface area contributed by atoms with Crippen LogP contribution in [-0.2, 0) is 0 Å². The van der Waals surface area contributed by atoms with E-state index in [9.17, 15) is 4.79 Å². The van der Waals surface area contributed by atoms with Crippen molar-refractivity contribution in [3.05, 3.63) is 36.0 Å². The molecule has 1 heterocycles. The molecule has 0 bridgehead atoms. The minimum atomic E-state index is -0.0124. The van der Waals surface area contributed by atoms with Gasteiger partial charge in [-0.05, 0) is 42.5 Å². The average molecular weight is 274 g/mol. The van der Waals surface area contributed by atoms with Crippen molar-refractivity contribution < 1.29 is 9.53 Å². The summed E-state index contributed by atoms with van der Waals surface area (Å²) in [5, 5.41) is 2.82. The van der Waals surface area contributed by atoms with E-state index in [1.54, 1.807) is 13.3 Å². The van der Waals surface area contributed by atoms with Gasteiger partial charge in [0, 0.05) is 19.3 Å². The number of benzene rings is 1. The van der Waals surface area contributed by atoms with Crippen LogP contribution in [0.5, 0.6) is 5.75 Å². The quantitative estimate of drug-likeness (QED) is 0.920. The molecule has 1 aliphatic rings. The first kappa shape index (κ1) is 14.4. The summed E-state index contributed by atoms with van der Waals surface area (Å²) in [5.41, 5.74) is 1.03. The lowest BCUT2D eigenvalue weighted by Gasteiger charge is -2.29. The maximum Gasteiger partial charge on any atom is 0.321 e. The molecule has 108 valence electrons. The number of hydrogen-bond donors (Lipinski definition) is 1. The van der Waals surface area contributed by atoms with Gasteiger partial charge in [0.25, 0.3) is 0 Å². The van der Waals surface area contributed by atoms with Gasteiger partial charge in [0.1, 0.15) is 5.75 Å². The lowest BCUT2D eigenvalue weighted by Crippen LogP contribution is -2.42. The van der Waals surface area contributed by atoms with E-state index < -0.39 is 0 Å². The Morgan fingerprint density at radius 2 is 1.95 bits per heavy atom. The predicted octanol–water partition coefficient (Wildman–Crippen LogP) is 3.11. The van der Waals surface area contributed by atoms with Gasteiger partial charge < -0.3 is 15.0 Å². The smallest absolute Gasteiger partial charge is 0.321 e. The molecule has 0 aromatic heterocycles. The van der Waals surface area contributed by atoms with E-state index in [4.69, 9.17) is 4.74 Å². The van der Waals surface area contributed by atoms with Crippen molar-refractivity contribution in [1.82, 2.24) is 10.2 Å². The highest BCUT2D eigenvalue weighted by atomic mass is 16.5. The van der Waals surface area contributed by atoms with Gasteiger partial charge in [-0.2, -0.15) is 0 Å². The second-order valence-electron chi connectivity index (χ2n) is 5.23. The first-order chi connectivity index (χ1) is 9.69. The number of piperidine rings is 1. The van der Waals surface area contributed by atoms with Gasteiger partial charge in [-0.3, -0.25) is 0 Å². The molecule has 0 unspecified atom stereocenters. The van der Waals surface area contributed by atoms with E-state index in [2.05, 4.69) is 12.2 Å². The van der Waals surface area contributed by atoms with Crippen molar-refractivity contribution in [1.29, 1.82) is 0 Å². The number of ether oxygens (including phenoxy) is 1. The van der Waals surface area contributed by atoms with Gasteiger partial charge in [-0.25, -0.2) is 4.79 Å². The van der Waals surface area contributed by atoms with Gasteiger partial charge in [-0.15, -0.1) is 0 Å². The van der Waals surface area contributed by atoms with E-state index in [1.807, 2.05) is 35.2 Å². The second-order valence-corrected chi connectivity index (χ2v) is 5.23. The lowest BCUT2D eigenvalue weighted by atomic mass is 10.00. The fourth-order valence-electron chi connectivity index (χ4n) is 2.23. The van der Waals surface area contributed by atoms with Crippen molar-refractivity contribution in [3.63, 3.8) is 0 Å². The monoisotopic (exact) mass is 274 g/mol. The van der Waals surface area contributed by atoms with Gasteiger partial charge in [0.2, 0.25) is 0 Å². The molecule has 0 spiro atoms. The van der Waals surface area contributed by atoms with Crippen LogP contribution in [0.1, 0.15) is 25.3 Å². The Kier molecular flexibility index (Phi) is 5.04. The summed E-state index contributed by atoms with van der Waals surface area (Å²) in [4.78, 5) is 13.8. The standard InChI is InChI=1S/C16H22N2O2/c1-13-8-11-18(12-9-13)16(19)17-10-7-14-3-5-15(20-2)6-4-14/h3-7,10,13H,8-9,11-12H2,1-2H3,(H,17,19)/b10-7+. The fraction of sp³-hybridized carbons (Fsp3) is 0.438. The Hall–Kier alpha value is -1.97. The number of likely N-dealkylation sites (tertiary alicyclic amines) is 1. The number of urea groups is 1. The van der Waals surface area contributed by atoms with E-state index in [0.29, 0.717) is 0 Å². The zero-order valence-corrected chi connectivity index (χ0v) is 12.1. The zero-order chi connectivity index (χ0) is 14.4. The minimum Gasteiger partial charge on any atom is -0.497 e. The number of carbonyl (C=O) groups is 1. The summed E-state index contributed by atoms with van der Waals surface area (Å²) in [6.45, 7) is 3.94. The van der Waals surface area contributed by atoms with E-state index in [1.165, 1.54) is 0 Å². The molecule has 0 aliphatic carbocycles. The summed E-state index contributed by atoms with van der Waals surface area (Å²) in [5.74, 6) is 1.56. The van der Waals surface area contributed by atoms with E-state index >= 15 is 0 Å². The second kappa shape index (κ2) is 6.98. The molecule has 0 atom stereocenters. The summed E-state index contributed by atoms with van der Waals surface area (Å²) in [6.07, 6.45) is 5.76. The van der Waals surface area contributed by atoms with Crippen LogP contribution in [0.15, 0.2) is 30.5 Å². The summed E-state index contributed by atoms with van der Waals surface area (Å²) >= 11 is 0. The zero-order valence-electron chi connectivity index (χ0n) is 12.1. The molecule has 1 aromatic carbocycles. The molecular formula is C16H22N2O2. The van der Waals surface area contributed by atoms with Crippen molar-refractivity contribution in [2.75, 3.05) is 20.2 Å². The van der Waals surface area contributed by atoms with Crippen LogP contribution in [0.3, 0.4) is 0 Å². The molecular weight excluding hydrogens is 252 g/mol. The van der Waals surface area contributed by atoms with Gasteiger partial charge in [0.15, 0.2) is 0 Å². The number of rotatable bonds is 3. The first-order valence-electron chi connectivity index (χ1n) is 7.05. The Labute approximate surface area is 120 Å². The molecule has 1 aliphatic heterocycles. The van der Waals surface area contributed by atoms with E-state index in [-0.39, 0.29) is 6.03 Å². The largest absolute Gasteiger partial charge is 0.497 e. The molecule has 1 fully saturated rings. The van der Waals surface area contributed by atoms with Crippen LogP contribution in [0.25, 0.3) is 6.08 Å². The minimum absolute atomic E-state index is 0.0124. The Morgan fingerprint density at radius 3 is 2.55 bits per heavy atom. The number of nitrogens with zero attached hydrogens (tertiary/aromatic N) is 1. The van der Waals surface area contributed by atoms with Crippen LogP contribution in [-0.4, -0.2) is 31.1 Å². The Balaban J connectivity index is 1.81. The molecule has 4 heteroatoms. The van der Waals surface area contributed by atoms with Crippen LogP contribution >= 0.6 is 0 Å². The molecule has 2 amide bonds. The van der Waals surface area contributed by atoms with Crippen molar-refractivity contribution in [2.45, 2.75) is 19.8 Å². The van der Waals surface area contributed by atoms with Crippen molar-refractivity contribution >= 4 is 12.1 Å². The summed E-state index contributed by atoms with van der Waals surface area (Å²) < 4.78 is 5.10. The summed E-state index contributed by atoms with van der Waals surface area (Å²) in [7, 11) is 1.64. The Morgan fingerprint density at radius 1 is 1.30 bits per heavy atom. The number of hydrogen-bond acceptors (Lipinski definition) is 2. The van der Waals surface area contributed by atoms with Crippen LogP contribution in [0, 0.1) is 5.92 Å².